The Morgan fingerprint density at radius 3 is 2.12 bits per heavy atom. The molecule has 0 saturated carbocycles. The Hall–Kier alpha value is -3.37. The fourth-order valence-electron chi connectivity index (χ4n) is 3.96. The number of carbonyl (C=O) groups is 2. The van der Waals surface area contributed by atoms with Crippen LogP contribution in [-0.4, -0.2) is 50.4 Å². The number of para-hydroxylation sites is 1. The number of sulfonamides is 1. The van der Waals surface area contributed by atoms with E-state index in [-0.39, 0.29) is 23.4 Å². The number of ether oxygens (including phenoxy) is 1. The highest BCUT2D eigenvalue weighted by Gasteiger charge is 2.32. The van der Waals surface area contributed by atoms with E-state index in [0.717, 1.165) is 20.8 Å². The Labute approximate surface area is 245 Å². The fraction of sp³-hybridized carbons (Fsp3) is 0.333. The fourth-order valence-corrected chi connectivity index (χ4v) is 5.64. The lowest BCUT2D eigenvalue weighted by Crippen LogP contribution is -2.52. The molecule has 3 aromatic rings. The largest absolute Gasteiger partial charge is 0.494 e. The van der Waals surface area contributed by atoms with Gasteiger partial charge in [0.1, 0.15) is 18.3 Å². The first-order chi connectivity index (χ1) is 19.1. The van der Waals surface area contributed by atoms with E-state index in [0.29, 0.717) is 18.0 Å². The van der Waals surface area contributed by atoms with Gasteiger partial charge in [0.2, 0.25) is 11.8 Å². The summed E-state index contributed by atoms with van der Waals surface area (Å²) in [7, 11) is -4.14. The molecule has 0 aliphatic heterocycles. The van der Waals surface area contributed by atoms with Crippen LogP contribution >= 0.6 is 15.9 Å². The first-order valence-corrected chi connectivity index (χ1v) is 15.4. The van der Waals surface area contributed by atoms with Crippen molar-refractivity contribution in [3.05, 3.63) is 88.9 Å². The summed E-state index contributed by atoms with van der Waals surface area (Å²) < 4.78 is 35.2. The zero-order valence-corrected chi connectivity index (χ0v) is 25.6. The van der Waals surface area contributed by atoms with E-state index in [1.165, 1.54) is 17.0 Å². The van der Waals surface area contributed by atoms with Gasteiger partial charge in [0.25, 0.3) is 10.0 Å². The molecule has 40 heavy (non-hydrogen) atoms. The van der Waals surface area contributed by atoms with Crippen LogP contribution in [-0.2, 0) is 26.2 Å². The van der Waals surface area contributed by atoms with Gasteiger partial charge < -0.3 is 15.0 Å². The van der Waals surface area contributed by atoms with Crippen molar-refractivity contribution in [3.8, 4) is 5.75 Å². The van der Waals surface area contributed by atoms with Gasteiger partial charge in [-0.25, -0.2) is 8.42 Å². The maximum absolute atomic E-state index is 13.9. The summed E-state index contributed by atoms with van der Waals surface area (Å²) in [5, 5.41) is 2.93. The third-order valence-corrected chi connectivity index (χ3v) is 8.80. The smallest absolute Gasteiger partial charge is 0.264 e. The number of benzene rings is 3. The van der Waals surface area contributed by atoms with Gasteiger partial charge in [0, 0.05) is 17.1 Å². The Bertz CT molecular complexity index is 1370. The van der Waals surface area contributed by atoms with Crippen molar-refractivity contribution in [1.29, 1.82) is 0 Å². The molecule has 3 aromatic carbocycles. The summed E-state index contributed by atoms with van der Waals surface area (Å²) in [4.78, 5) is 28.5. The molecule has 2 amide bonds. The lowest BCUT2D eigenvalue weighted by atomic mass is 10.1. The van der Waals surface area contributed by atoms with Crippen LogP contribution in [0.25, 0.3) is 0 Å². The van der Waals surface area contributed by atoms with Crippen LogP contribution in [0.1, 0.15) is 39.7 Å². The molecule has 0 radical (unpaired) electrons. The molecule has 3 rings (SSSR count). The Balaban J connectivity index is 1.98. The van der Waals surface area contributed by atoms with Gasteiger partial charge in [-0.15, -0.1) is 0 Å². The third-order valence-electron chi connectivity index (χ3n) is 6.48. The molecular formula is C30H36BrN3O5S. The van der Waals surface area contributed by atoms with Crippen molar-refractivity contribution >= 4 is 43.5 Å². The third kappa shape index (κ3) is 8.08. The standard InChI is InChI=1S/C30H36BrN3O5S/c1-5-22(3)32-30(36)23(4)33(20-24-12-14-25(31)15-13-24)29(35)21-34(26-10-8-7-9-11-26)40(37,38)28-18-16-27(17-19-28)39-6-2/h7-19,22-23H,5-6,20-21H2,1-4H3,(H,32,36)/t22-,23-/m1/s1. The van der Waals surface area contributed by atoms with Gasteiger partial charge in [0.15, 0.2) is 0 Å². The van der Waals surface area contributed by atoms with E-state index in [9.17, 15) is 18.0 Å². The van der Waals surface area contributed by atoms with Crippen LogP contribution in [0.5, 0.6) is 5.75 Å². The lowest BCUT2D eigenvalue weighted by molar-refractivity contribution is -0.139. The number of amides is 2. The molecule has 0 aliphatic carbocycles. The van der Waals surface area contributed by atoms with Crippen LogP contribution in [0, 0.1) is 0 Å². The lowest BCUT2D eigenvalue weighted by Gasteiger charge is -2.32. The quantitative estimate of drug-likeness (QED) is 0.274. The number of hydrogen-bond acceptors (Lipinski definition) is 5. The highest BCUT2D eigenvalue weighted by Crippen LogP contribution is 2.26. The number of carbonyl (C=O) groups excluding carboxylic acids is 2. The highest BCUT2D eigenvalue weighted by atomic mass is 79.9. The summed E-state index contributed by atoms with van der Waals surface area (Å²) in [6.45, 7) is 7.45. The topological polar surface area (TPSA) is 96.0 Å². The second-order valence-electron chi connectivity index (χ2n) is 9.39. The predicted molar refractivity (Wildman–Crippen MR) is 161 cm³/mol. The van der Waals surface area contributed by atoms with Crippen LogP contribution in [0.2, 0.25) is 0 Å². The number of hydrogen-bond donors (Lipinski definition) is 1. The van der Waals surface area contributed by atoms with Crippen LogP contribution < -0.4 is 14.4 Å². The van der Waals surface area contributed by atoms with Crippen molar-refractivity contribution in [2.45, 2.75) is 57.6 Å². The summed E-state index contributed by atoms with van der Waals surface area (Å²) in [6, 6.07) is 21.1. The first-order valence-electron chi connectivity index (χ1n) is 13.2. The van der Waals surface area contributed by atoms with Crippen LogP contribution in [0.3, 0.4) is 0 Å². The van der Waals surface area contributed by atoms with Crippen molar-refractivity contribution in [2.75, 3.05) is 17.5 Å². The van der Waals surface area contributed by atoms with Crippen molar-refractivity contribution in [3.63, 3.8) is 0 Å². The van der Waals surface area contributed by atoms with Gasteiger partial charge in [-0.2, -0.15) is 0 Å². The van der Waals surface area contributed by atoms with E-state index < -0.39 is 28.5 Å². The molecule has 0 aliphatic rings. The Morgan fingerprint density at radius 1 is 0.925 bits per heavy atom. The number of rotatable bonds is 13. The minimum Gasteiger partial charge on any atom is -0.494 e. The molecule has 0 unspecified atom stereocenters. The molecule has 2 atom stereocenters. The molecule has 0 bridgehead atoms. The van der Waals surface area contributed by atoms with E-state index in [1.54, 1.807) is 49.4 Å². The number of nitrogens with one attached hydrogen (secondary N) is 1. The van der Waals surface area contributed by atoms with Gasteiger partial charge in [-0.3, -0.25) is 13.9 Å². The van der Waals surface area contributed by atoms with Crippen molar-refractivity contribution < 1.29 is 22.7 Å². The second kappa shape index (κ2) is 14.3. The Kier molecular flexibility index (Phi) is 11.2. The minimum atomic E-state index is -4.14. The van der Waals surface area contributed by atoms with Gasteiger partial charge in [0.05, 0.1) is 17.2 Å². The molecular weight excluding hydrogens is 594 g/mol. The van der Waals surface area contributed by atoms with Crippen molar-refractivity contribution in [2.24, 2.45) is 0 Å². The summed E-state index contributed by atoms with van der Waals surface area (Å²) in [5.41, 5.74) is 1.14. The van der Waals surface area contributed by atoms with E-state index in [4.69, 9.17) is 4.74 Å². The maximum Gasteiger partial charge on any atom is 0.264 e. The predicted octanol–water partition coefficient (Wildman–Crippen LogP) is 5.38. The van der Waals surface area contributed by atoms with E-state index in [2.05, 4.69) is 21.2 Å². The summed E-state index contributed by atoms with van der Waals surface area (Å²) in [6.07, 6.45) is 0.737. The van der Waals surface area contributed by atoms with Crippen molar-refractivity contribution in [1.82, 2.24) is 10.2 Å². The van der Waals surface area contributed by atoms with Gasteiger partial charge in [-0.05, 0) is 81.3 Å². The molecule has 0 heterocycles. The molecule has 0 fully saturated rings. The maximum atomic E-state index is 13.9. The van der Waals surface area contributed by atoms with Crippen LogP contribution in [0.4, 0.5) is 5.69 Å². The minimum absolute atomic E-state index is 0.0228. The normalized spacial score (nSPS) is 12.7. The molecule has 1 N–H and O–H groups in total. The van der Waals surface area contributed by atoms with E-state index >= 15 is 0 Å². The van der Waals surface area contributed by atoms with Gasteiger partial charge in [-0.1, -0.05) is 53.2 Å². The van der Waals surface area contributed by atoms with E-state index in [1.807, 2.05) is 45.0 Å². The molecule has 0 spiro atoms. The second-order valence-corrected chi connectivity index (χ2v) is 12.2. The summed E-state index contributed by atoms with van der Waals surface area (Å²) >= 11 is 3.42. The molecule has 8 nitrogen and oxygen atoms in total. The monoisotopic (exact) mass is 629 g/mol. The SMILES string of the molecule is CCOc1ccc(S(=O)(=O)N(CC(=O)N(Cc2ccc(Br)cc2)[C@H](C)C(=O)N[C@H](C)CC)c2ccccc2)cc1. The number of nitrogens with zero attached hydrogens (tertiary/aromatic N) is 2. The average Bonchev–Trinajstić information content (AvgIpc) is 2.95. The highest BCUT2D eigenvalue weighted by molar-refractivity contribution is 9.10. The molecule has 0 aromatic heterocycles. The molecule has 10 heteroatoms. The summed E-state index contributed by atoms with van der Waals surface area (Å²) in [5.74, 6) is -0.265. The molecule has 0 saturated heterocycles. The number of halogens is 1. The molecule has 214 valence electrons. The van der Waals surface area contributed by atoms with Crippen LogP contribution in [0.15, 0.2) is 88.2 Å². The number of anilines is 1. The first kappa shape index (κ1) is 31.2. The zero-order valence-electron chi connectivity index (χ0n) is 23.2. The van der Waals surface area contributed by atoms with Gasteiger partial charge >= 0.3 is 0 Å². The average molecular weight is 631 g/mol. The zero-order chi connectivity index (χ0) is 29.3. The Morgan fingerprint density at radius 2 is 1.55 bits per heavy atom.